The molecule has 0 aliphatic rings. The van der Waals surface area contributed by atoms with Crippen molar-refractivity contribution in [2.45, 2.75) is 16.8 Å². The third-order valence-corrected chi connectivity index (χ3v) is 3.46. The minimum Gasteiger partial charge on any atom is -0.409 e. The molecule has 0 unspecified atom stereocenters. The summed E-state index contributed by atoms with van der Waals surface area (Å²) >= 11 is 1.49. The van der Waals surface area contributed by atoms with E-state index in [0.29, 0.717) is 5.56 Å². The molecule has 0 spiro atoms. The fraction of sp³-hybridized carbons (Fsp3) is 0.0769. The van der Waals surface area contributed by atoms with Crippen LogP contribution < -0.4 is 5.73 Å². The van der Waals surface area contributed by atoms with Gasteiger partial charge < -0.3 is 10.9 Å². The van der Waals surface area contributed by atoms with Crippen LogP contribution in [0.3, 0.4) is 0 Å². The van der Waals surface area contributed by atoms with Gasteiger partial charge in [0.05, 0.1) is 5.56 Å². The quantitative estimate of drug-likeness (QED) is 0.385. The lowest BCUT2D eigenvalue weighted by molar-refractivity contribution is 0.318. The van der Waals surface area contributed by atoms with Gasteiger partial charge in [0.15, 0.2) is 5.84 Å². The number of amidine groups is 1. The minimum absolute atomic E-state index is 0.0824. The van der Waals surface area contributed by atoms with Gasteiger partial charge in [-0.25, -0.2) is 4.98 Å². The van der Waals surface area contributed by atoms with Gasteiger partial charge >= 0.3 is 0 Å². The number of benzene rings is 1. The molecule has 0 amide bonds. The monoisotopic (exact) mass is 259 g/mol. The number of pyridine rings is 1. The number of aryl methyl sites for hydroxylation is 1. The number of oxime groups is 1. The molecule has 0 aliphatic carbocycles. The van der Waals surface area contributed by atoms with Crippen LogP contribution in [0.25, 0.3) is 0 Å². The largest absolute Gasteiger partial charge is 0.409 e. The van der Waals surface area contributed by atoms with E-state index in [4.69, 9.17) is 10.9 Å². The summed E-state index contributed by atoms with van der Waals surface area (Å²) in [5, 5.41) is 12.6. The molecule has 4 nitrogen and oxygen atoms in total. The van der Waals surface area contributed by atoms with Gasteiger partial charge in [-0.3, -0.25) is 0 Å². The first kappa shape index (κ1) is 12.4. The van der Waals surface area contributed by atoms with Crippen molar-refractivity contribution >= 4 is 17.6 Å². The Bertz CT molecular complexity index is 570. The fourth-order valence-electron chi connectivity index (χ4n) is 1.57. The van der Waals surface area contributed by atoms with Crippen LogP contribution in [0.5, 0.6) is 0 Å². The van der Waals surface area contributed by atoms with Crippen LogP contribution >= 0.6 is 11.8 Å². The molecule has 92 valence electrons. The van der Waals surface area contributed by atoms with Gasteiger partial charge in [-0.05, 0) is 30.7 Å². The average molecular weight is 259 g/mol. The Labute approximate surface area is 110 Å². The zero-order chi connectivity index (χ0) is 13.0. The molecular weight excluding hydrogens is 246 g/mol. The second-order valence-corrected chi connectivity index (χ2v) is 4.77. The van der Waals surface area contributed by atoms with E-state index < -0.39 is 0 Å². The van der Waals surface area contributed by atoms with Gasteiger partial charge in [-0.1, -0.05) is 35.1 Å². The minimum atomic E-state index is 0.0824. The van der Waals surface area contributed by atoms with Crippen LogP contribution in [0.2, 0.25) is 0 Å². The normalized spacial score (nSPS) is 11.5. The van der Waals surface area contributed by atoms with Crippen LogP contribution in [-0.4, -0.2) is 16.0 Å². The maximum absolute atomic E-state index is 8.83. The molecule has 1 aromatic heterocycles. The first-order valence-corrected chi connectivity index (χ1v) is 6.20. The Morgan fingerprint density at radius 3 is 2.67 bits per heavy atom. The highest BCUT2D eigenvalue weighted by atomic mass is 32.2. The Morgan fingerprint density at radius 1 is 1.28 bits per heavy atom. The summed E-state index contributed by atoms with van der Waals surface area (Å²) in [5.41, 5.74) is 7.30. The molecular formula is C13H13N3OS. The molecule has 1 aromatic carbocycles. The summed E-state index contributed by atoms with van der Waals surface area (Å²) in [6.07, 6.45) is 1.72. The number of aromatic nitrogens is 1. The van der Waals surface area contributed by atoms with Gasteiger partial charge in [0, 0.05) is 11.1 Å². The molecule has 0 fully saturated rings. The second-order valence-electron chi connectivity index (χ2n) is 3.71. The second kappa shape index (κ2) is 5.55. The summed E-state index contributed by atoms with van der Waals surface area (Å²) in [4.78, 5) is 5.35. The molecule has 2 rings (SSSR count). The summed E-state index contributed by atoms with van der Waals surface area (Å²) in [6.45, 7) is 1.91. The van der Waals surface area contributed by atoms with Crippen LogP contribution in [0.1, 0.15) is 11.1 Å². The number of hydrogen-bond donors (Lipinski definition) is 2. The van der Waals surface area contributed by atoms with Crippen molar-refractivity contribution in [3.63, 3.8) is 0 Å². The standard InChI is InChI=1S/C13H13N3OS/c1-9-7-8-15-13(11(9)12(14)16-17)18-10-5-3-2-4-6-10/h2-8,17H,1H3,(H2,14,16). The van der Waals surface area contributed by atoms with Gasteiger partial charge in [0.1, 0.15) is 5.03 Å². The smallest absolute Gasteiger partial charge is 0.173 e. The highest BCUT2D eigenvalue weighted by Crippen LogP contribution is 2.29. The molecule has 0 aliphatic heterocycles. The van der Waals surface area contributed by atoms with Crippen LogP contribution in [-0.2, 0) is 0 Å². The molecule has 0 bridgehead atoms. The molecule has 2 aromatic rings. The molecule has 18 heavy (non-hydrogen) atoms. The summed E-state index contributed by atoms with van der Waals surface area (Å²) in [7, 11) is 0. The Hall–Kier alpha value is -2.01. The van der Waals surface area contributed by atoms with Crippen molar-refractivity contribution in [1.29, 1.82) is 0 Å². The highest BCUT2D eigenvalue weighted by Gasteiger charge is 2.12. The van der Waals surface area contributed by atoms with Crippen molar-refractivity contribution in [2.75, 3.05) is 0 Å². The average Bonchev–Trinajstić information content (AvgIpc) is 2.39. The predicted molar refractivity (Wildman–Crippen MR) is 72.0 cm³/mol. The molecule has 0 saturated heterocycles. The van der Waals surface area contributed by atoms with E-state index in [9.17, 15) is 0 Å². The zero-order valence-corrected chi connectivity index (χ0v) is 10.7. The number of nitrogens with zero attached hydrogens (tertiary/aromatic N) is 2. The highest BCUT2D eigenvalue weighted by molar-refractivity contribution is 7.99. The van der Waals surface area contributed by atoms with E-state index in [2.05, 4.69) is 10.1 Å². The van der Waals surface area contributed by atoms with Crippen molar-refractivity contribution < 1.29 is 5.21 Å². The van der Waals surface area contributed by atoms with Gasteiger partial charge in [0.2, 0.25) is 0 Å². The number of nitrogens with two attached hydrogens (primary N) is 1. The van der Waals surface area contributed by atoms with E-state index >= 15 is 0 Å². The Balaban J connectivity index is 2.42. The summed E-state index contributed by atoms with van der Waals surface area (Å²) in [5.74, 6) is 0.0824. The Morgan fingerprint density at radius 2 is 2.00 bits per heavy atom. The van der Waals surface area contributed by atoms with Gasteiger partial charge in [-0.15, -0.1) is 0 Å². The number of rotatable bonds is 3. The first-order valence-electron chi connectivity index (χ1n) is 5.39. The first-order chi connectivity index (χ1) is 8.72. The third-order valence-electron chi connectivity index (χ3n) is 2.45. The Kier molecular flexibility index (Phi) is 3.84. The van der Waals surface area contributed by atoms with Crippen molar-refractivity contribution in [1.82, 2.24) is 4.98 Å². The topological polar surface area (TPSA) is 71.5 Å². The van der Waals surface area contributed by atoms with Gasteiger partial charge in [-0.2, -0.15) is 0 Å². The molecule has 3 N–H and O–H groups in total. The lowest BCUT2D eigenvalue weighted by atomic mass is 10.1. The summed E-state index contributed by atoms with van der Waals surface area (Å²) in [6, 6.07) is 11.7. The van der Waals surface area contributed by atoms with Crippen molar-refractivity contribution in [3.05, 3.63) is 53.7 Å². The van der Waals surface area contributed by atoms with E-state index in [1.54, 1.807) is 6.20 Å². The van der Waals surface area contributed by atoms with Gasteiger partial charge in [0.25, 0.3) is 0 Å². The summed E-state index contributed by atoms with van der Waals surface area (Å²) < 4.78 is 0. The van der Waals surface area contributed by atoms with E-state index in [1.165, 1.54) is 11.8 Å². The van der Waals surface area contributed by atoms with E-state index in [1.807, 2.05) is 43.3 Å². The van der Waals surface area contributed by atoms with Crippen molar-refractivity contribution in [3.8, 4) is 0 Å². The van der Waals surface area contributed by atoms with E-state index in [0.717, 1.165) is 15.5 Å². The maximum Gasteiger partial charge on any atom is 0.173 e. The fourth-order valence-corrected chi connectivity index (χ4v) is 2.57. The van der Waals surface area contributed by atoms with Crippen LogP contribution in [0.15, 0.2) is 57.7 Å². The predicted octanol–water partition coefficient (Wildman–Crippen LogP) is 2.64. The third kappa shape index (κ3) is 2.62. The molecule has 0 saturated carbocycles. The maximum atomic E-state index is 8.83. The van der Waals surface area contributed by atoms with Crippen molar-refractivity contribution in [2.24, 2.45) is 10.9 Å². The lowest BCUT2D eigenvalue weighted by Gasteiger charge is -2.09. The SMILES string of the molecule is Cc1ccnc(Sc2ccccc2)c1/C(N)=N/O. The molecule has 0 radical (unpaired) electrons. The molecule has 0 atom stereocenters. The van der Waals surface area contributed by atoms with Crippen LogP contribution in [0.4, 0.5) is 0 Å². The zero-order valence-electron chi connectivity index (χ0n) is 9.87. The van der Waals surface area contributed by atoms with E-state index in [-0.39, 0.29) is 5.84 Å². The lowest BCUT2D eigenvalue weighted by Crippen LogP contribution is -2.16. The molecule has 1 heterocycles. The van der Waals surface area contributed by atoms with Crippen LogP contribution in [0, 0.1) is 6.92 Å². The molecule has 5 heteroatoms. The number of hydrogen-bond acceptors (Lipinski definition) is 4.